The maximum absolute atomic E-state index is 13.8. The summed E-state index contributed by atoms with van der Waals surface area (Å²) in [5.74, 6) is 4.87. The maximum Gasteiger partial charge on any atom is 0.307 e. The predicted molar refractivity (Wildman–Crippen MR) is 147 cm³/mol. The van der Waals surface area contributed by atoms with E-state index in [1.807, 2.05) is 6.92 Å². The minimum atomic E-state index is -0.115. The molecule has 0 saturated heterocycles. The lowest BCUT2D eigenvalue weighted by Gasteiger charge is -2.60. The first kappa shape index (κ1) is 28.1. The Kier molecular flexibility index (Phi) is 8.95. The van der Waals surface area contributed by atoms with Gasteiger partial charge in [0.2, 0.25) is 0 Å². The number of esters is 1. The van der Waals surface area contributed by atoms with Crippen LogP contribution in [0.3, 0.4) is 0 Å². The van der Waals surface area contributed by atoms with Crippen molar-refractivity contribution in [3.8, 4) is 0 Å². The lowest BCUT2D eigenvalue weighted by molar-refractivity contribution is -0.157. The summed E-state index contributed by atoms with van der Waals surface area (Å²) in [6.07, 6.45) is 14.0. The van der Waals surface area contributed by atoms with Gasteiger partial charge in [-0.25, -0.2) is 0 Å². The van der Waals surface area contributed by atoms with Gasteiger partial charge in [-0.05, 0) is 98.2 Å². The monoisotopic (exact) mass is 501 g/mol. The Morgan fingerprint density at radius 1 is 1.03 bits per heavy atom. The van der Waals surface area contributed by atoms with E-state index >= 15 is 0 Å². The van der Waals surface area contributed by atoms with Crippen molar-refractivity contribution >= 4 is 11.8 Å². The molecule has 9 atom stereocenters. The predicted octanol–water partition coefficient (Wildman–Crippen LogP) is 7.20. The molecule has 0 amide bonds. The third kappa shape index (κ3) is 5.45. The minimum absolute atomic E-state index is 0.115. The van der Waals surface area contributed by atoms with Crippen LogP contribution in [0.15, 0.2) is 0 Å². The molecule has 36 heavy (non-hydrogen) atoms. The third-order valence-corrected chi connectivity index (χ3v) is 11.7. The van der Waals surface area contributed by atoms with Crippen molar-refractivity contribution in [3.63, 3.8) is 0 Å². The van der Waals surface area contributed by atoms with E-state index in [1.165, 1.54) is 57.8 Å². The molecule has 0 bridgehead atoms. The van der Waals surface area contributed by atoms with Gasteiger partial charge in [-0.15, -0.1) is 0 Å². The van der Waals surface area contributed by atoms with Crippen molar-refractivity contribution in [1.82, 2.24) is 5.32 Å². The van der Waals surface area contributed by atoms with Crippen LogP contribution in [0.2, 0.25) is 0 Å². The van der Waals surface area contributed by atoms with Crippen LogP contribution in [0.5, 0.6) is 0 Å². The molecule has 0 aromatic carbocycles. The summed E-state index contributed by atoms with van der Waals surface area (Å²) in [7, 11) is 0. The van der Waals surface area contributed by atoms with Crippen molar-refractivity contribution in [2.24, 2.45) is 52.3 Å². The summed E-state index contributed by atoms with van der Waals surface area (Å²) in [5, 5.41) is 3.62. The molecule has 4 saturated carbocycles. The van der Waals surface area contributed by atoms with E-state index < -0.39 is 0 Å². The fourth-order valence-corrected chi connectivity index (χ4v) is 9.75. The zero-order valence-corrected chi connectivity index (χ0v) is 24.2. The van der Waals surface area contributed by atoms with Gasteiger partial charge < -0.3 is 10.1 Å². The van der Waals surface area contributed by atoms with E-state index in [2.05, 4.69) is 39.9 Å². The highest BCUT2D eigenvalue weighted by Crippen LogP contribution is 2.67. The van der Waals surface area contributed by atoms with Crippen molar-refractivity contribution in [2.45, 2.75) is 125 Å². The molecule has 4 nitrogen and oxygen atoms in total. The summed E-state index contributed by atoms with van der Waals surface area (Å²) in [5.41, 5.74) is 0.670. The summed E-state index contributed by atoms with van der Waals surface area (Å²) in [6.45, 7) is 15.3. The molecule has 4 fully saturated rings. The third-order valence-electron chi connectivity index (χ3n) is 11.7. The highest BCUT2D eigenvalue weighted by Gasteiger charge is 2.63. The standard InChI is InChI=1S/C32H55NO3/c1-7-36-29(35)15-18-33-24-13-16-31(5)23(19-24)20-28(34)30-26-12-11-25(22(4)10-8-9-21(2)3)32(26,6)17-14-27(30)31/h21-27,30,33H,7-20H2,1-6H3/t22-,23-,24-,25-,26?,27?,30?,31+,32-/m1/s1. The summed E-state index contributed by atoms with van der Waals surface area (Å²) in [4.78, 5) is 25.6. The molecule has 0 aromatic rings. The summed E-state index contributed by atoms with van der Waals surface area (Å²) in [6, 6.07) is 0.429. The van der Waals surface area contributed by atoms with Gasteiger partial charge in [0, 0.05) is 24.9 Å². The number of fused-ring (bicyclic) bond motifs is 5. The normalized spacial score (nSPS) is 40.9. The molecular weight excluding hydrogens is 446 g/mol. The lowest BCUT2D eigenvalue weighted by atomic mass is 9.44. The van der Waals surface area contributed by atoms with Crippen LogP contribution in [0.4, 0.5) is 0 Å². The van der Waals surface area contributed by atoms with Crippen LogP contribution in [-0.2, 0) is 14.3 Å². The van der Waals surface area contributed by atoms with Gasteiger partial charge >= 0.3 is 5.97 Å². The van der Waals surface area contributed by atoms with Gasteiger partial charge in [0.1, 0.15) is 5.78 Å². The molecule has 4 aliphatic carbocycles. The molecule has 0 heterocycles. The number of nitrogens with one attached hydrogen (secondary N) is 1. The number of hydrogen-bond donors (Lipinski definition) is 1. The van der Waals surface area contributed by atoms with E-state index in [1.54, 1.807) is 0 Å². The van der Waals surface area contributed by atoms with Gasteiger partial charge in [-0.1, -0.05) is 53.9 Å². The van der Waals surface area contributed by atoms with Gasteiger partial charge in [0.25, 0.3) is 0 Å². The Bertz CT molecular complexity index is 779. The number of carbonyl (C=O) groups is 2. The summed E-state index contributed by atoms with van der Waals surface area (Å²) >= 11 is 0. The molecule has 4 heteroatoms. The molecule has 1 N–H and O–H groups in total. The Balaban J connectivity index is 1.39. The quantitative estimate of drug-likeness (QED) is 0.322. The van der Waals surface area contributed by atoms with Gasteiger partial charge in [0.05, 0.1) is 13.0 Å². The second-order valence-corrected chi connectivity index (χ2v) is 14.1. The van der Waals surface area contributed by atoms with E-state index in [0.29, 0.717) is 65.9 Å². The highest BCUT2D eigenvalue weighted by molar-refractivity contribution is 5.83. The highest BCUT2D eigenvalue weighted by atomic mass is 16.5. The number of hydrogen-bond acceptors (Lipinski definition) is 4. The van der Waals surface area contributed by atoms with Crippen LogP contribution in [0, 0.1) is 52.3 Å². The smallest absolute Gasteiger partial charge is 0.307 e. The minimum Gasteiger partial charge on any atom is -0.466 e. The number of ketones is 1. The topological polar surface area (TPSA) is 55.4 Å². The SMILES string of the molecule is CCOC(=O)CCN[C@@H]1CC[C@]2(C)C3CC[C@@]4(C)C(CC[C@@H]4[C@H](C)CCCC(C)C)C3C(=O)C[C@H]2C1. The number of ether oxygens (including phenoxy) is 1. The fourth-order valence-electron chi connectivity index (χ4n) is 9.75. The van der Waals surface area contributed by atoms with E-state index in [4.69, 9.17) is 4.74 Å². The molecule has 0 radical (unpaired) electrons. The molecule has 0 aliphatic heterocycles. The Labute approximate surface area is 221 Å². The fraction of sp³-hybridized carbons (Fsp3) is 0.938. The zero-order valence-electron chi connectivity index (χ0n) is 24.2. The van der Waals surface area contributed by atoms with Crippen molar-refractivity contribution in [3.05, 3.63) is 0 Å². The zero-order chi connectivity index (χ0) is 26.1. The second-order valence-electron chi connectivity index (χ2n) is 14.1. The van der Waals surface area contributed by atoms with Gasteiger partial charge in [-0.2, -0.15) is 0 Å². The van der Waals surface area contributed by atoms with Crippen LogP contribution in [0.1, 0.15) is 119 Å². The van der Waals surface area contributed by atoms with Gasteiger partial charge in [-0.3, -0.25) is 9.59 Å². The molecule has 0 spiro atoms. The van der Waals surface area contributed by atoms with Crippen LogP contribution >= 0.6 is 0 Å². The van der Waals surface area contributed by atoms with Crippen molar-refractivity contribution in [2.75, 3.05) is 13.2 Å². The average Bonchev–Trinajstić information content (AvgIpc) is 3.17. The first-order valence-electron chi connectivity index (χ1n) is 15.5. The summed E-state index contributed by atoms with van der Waals surface area (Å²) < 4.78 is 5.08. The van der Waals surface area contributed by atoms with Crippen molar-refractivity contribution < 1.29 is 14.3 Å². The Morgan fingerprint density at radius 3 is 2.47 bits per heavy atom. The molecule has 0 aromatic heterocycles. The Hall–Kier alpha value is -0.900. The van der Waals surface area contributed by atoms with E-state index in [0.717, 1.165) is 30.6 Å². The number of rotatable bonds is 10. The van der Waals surface area contributed by atoms with Crippen molar-refractivity contribution in [1.29, 1.82) is 0 Å². The molecular formula is C32H55NO3. The van der Waals surface area contributed by atoms with E-state index in [9.17, 15) is 9.59 Å². The molecule has 4 aliphatic rings. The largest absolute Gasteiger partial charge is 0.466 e. The molecule has 4 rings (SSSR count). The molecule has 3 unspecified atom stereocenters. The molecule has 206 valence electrons. The van der Waals surface area contributed by atoms with Gasteiger partial charge in [0.15, 0.2) is 0 Å². The van der Waals surface area contributed by atoms with Crippen LogP contribution in [0.25, 0.3) is 0 Å². The first-order valence-corrected chi connectivity index (χ1v) is 15.5. The maximum atomic E-state index is 13.8. The first-order chi connectivity index (χ1) is 17.1. The Morgan fingerprint density at radius 2 is 1.75 bits per heavy atom. The van der Waals surface area contributed by atoms with Crippen LogP contribution < -0.4 is 5.32 Å². The second kappa shape index (κ2) is 11.5. The number of Topliss-reactive ketones (excluding diaryl/α,β-unsaturated/α-hetero) is 1. The van der Waals surface area contributed by atoms with Crippen LogP contribution in [-0.4, -0.2) is 30.9 Å². The van der Waals surface area contributed by atoms with E-state index in [-0.39, 0.29) is 5.97 Å². The lowest BCUT2D eigenvalue weighted by Crippen LogP contribution is -2.58. The number of carbonyl (C=O) groups excluding carboxylic acids is 2. The average molecular weight is 502 g/mol.